The molecule has 1 aromatic carbocycles. The van der Waals surface area contributed by atoms with Gasteiger partial charge in [0, 0.05) is 17.6 Å². The summed E-state index contributed by atoms with van der Waals surface area (Å²) in [4.78, 5) is 11.7. The number of halogens is 1. The summed E-state index contributed by atoms with van der Waals surface area (Å²) in [6, 6.07) is 6.92. The molecule has 4 nitrogen and oxygen atoms in total. The maximum absolute atomic E-state index is 11.7. The van der Waals surface area contributed by atoms with Crippen LogP contribution in [0.5, 0.6) is 0 Å². The molecule has 1 amide bonds. The largest absolute Gasteiger partial charge is 0.269 e. The van der Waals surface area contributed by atoms with E-state index >= 15 is 0 Å². The fourth-order valence-corrected chi connectivity index (χ4v) is 3.29. The van der Waals surface area contributed by atoms with Crippen molar-refractivity contribution in [1.29, 1.82) is 0 Å². The first-order chi connectivity index (χ1) is 8.49. The first-order valence-corrected chi connectivity index (χ1v) is 7.46. The Bertz CT molecular complexity index is 578. The van der Waals surface area contributed by atoms with Crippen molar-refractivity contribution in [1.82, 2.24) is 4.31 Å². The molecule has 0 atom stereocenters. The molecule has 6 heteroatoms. The van der Waals surface area contributed by atoms with Crippen molar-refractivity contribution in [2.75, 3.05) is 12.3 Å². The van der Waals surface area contributed by atoms with Gasteiger partial charge in [0.05, 0.1) is 5.75 Å². The van der Waals surface area contributed by atoms with E-state index in [1.54, 1.807) is 30.3 Å². The van der Waals surface area contributed by atoms with Gasteiger partial charge in [-0.15, -0.1) is 0 Å². The van der Waals surface area contributed by atoms with E-state index in [1.165, 1.54) is 6.08 Å². The topological polar surface area (TPSA) is 54.5 Å². The second-order valence-corrected chi connectivity index (χ2v) is 6.41. The summed E-state index contributed by atoms with van der Waals surface area (Å²) in [7, 11) is -3.39. The summed E-state index contributed by atoms with van der Waals surface area (Å²) in [5.41, 5.74) is 0.796. The summed E-state index contributed by atoms with van der Waals surface area (Å²) in [5, 5.41) is 0.612. The lowest BCUT2D eigenvalue weighted by Crippen LogP contribution is -2.30. The summed E-state index contributed by atoms with van der Waals surface area (Å²) >= 11 is 5.74. The van der Waals surface area contributed by atoms with Crippen molar-refractivity contribution >= 4 is 33.6 Å². The Balaban J connectivity index is 2.10. The number of carbonyl (C=O) groups excluding carboxylic acids is 1. The zero-order chi connectivity index (χ0) is 13.2. The first-order valence-electron chi connectivity index (χ1n) is 5.47. The minimum atomic E-state index is -3.39. The number of sulfonamides is 1. The van der Waals surface area contributed by atoms with Crippen LogP contribution in [0.2, 0.25) is 5.02 Å². The first kappa shape index (κ1) is 13.1. The van der Waals surface area contributed by atoms with Crippen LogP contribution in [0.25, 0.3) is 6.08 Å². The van der Waals surface area contributed by atoms with Crippen LogP contribution in [-0.4, -0.2) is 30.9 Å². The third kappa shape index (κ3) is 2.91. The highest BCUT2D eigenvalue weighted by Gasteiger charge is 2.30. The van der Waals surface area contributed by atoms with Crippen LogP contribution >= 0.6 is 11.6 Å². The minimum Gasteiger partial charge on any atom is -0.269 e. The Morgan fingerprint density at radius 3 is 2.50 bits per heavy atom. The number of amides is 1. The number of carbonyl (C=O) groups is 1. The lowest BCUT2D eigenvalue weighted by Gasteiger charge is -2.11. The maximum atomic E-state index is 11.7. The Labute approximate surface area is 111 Å². The average Bonchev–Trinajstić information content (AvgIpc) is 2.68. The molecular weight excluding hydrogens is 274 g/mol. The Hall–Kier alpha value is -1.33. The highest BCUT2D eigenvalue weighted by atomic mass is 35.5. The summed E-state index contributed by atoms with van der Waals surface area (Å²) in [6.45, 7) is 0.270. The molecule has 0 unspecified atom stereocenters. The van der Waals surface area contributed by atoms with Crippen molar-refractivity contribution in [2.45, 2.75) is 6.42 Å². The van der Waals surface area contributed by atoms with Gasteiger partial charge in [-0.3, -0.25) is 4.79 Å². The van der Waals surface area contributed by atoms with Gasteiger partial charge in [0.2, 0.25) is 10.0 Å². The molecule has 96 valence electrons. The van der Waals surface area contributed by atoms with Crippen molar-refractivity contribution in [3.63, 3.8) is 0 Å². The predicted molar refractivity (Wildman–Crippen MR) is 70.6 cm³/mol. The lowest BCUT2D eigenvalue weighted by atomic mass is 10.2. The molecule has 1 aliphatic rings. The van der Waals surface area contributed by atoms with Crippen LogP contribution in [0, 0.1) is 0 Å². The van der Waals surface area contributed by atoms with E-state index < -0.39 is 15.9 Å². The van der Waals surface area contributed by atoms with Gasteiger partial charge >= 0.3 is 0 Å². The Morgan fingerprint density at radius 1 is 1.28 bits per heavy atom. The molecule has 1 fully saturated rings. The number of hydrogen-bond acceptors (Lipinski definition) is 3. The second kappa shape index (κ2) is 5.12. The van der Waals surface area contributed by atoms with Gasteiger partial charge < -0.3 is 0 Å². The van der Waals surface area contributed by atoms with Gasteiger partial charge in [-0.2, -0.15) is 0 Å². The molecule has 1 aliphatic heterocycles. The zero-order valence-electron chi connectivity index (χ0n) is 9.54. The zero-order valence-corrected chi connectivity index (χ0v) is 11.1. The molecule has 1 heterocycles. The van der Waals surface area contributed by atoms with E-state index in [4.69, 9.17) is 11.6 Å². The predicted octanol–water partition coefficient (Wildman–Crippen LogP) is 1.92. The second-order valence-electron chi connectivity index (χ2n) is 3.96. The van der Waals surface area contributed by atoms with Crippen molar-refractivity contribution < 1.29 is 13.2 Å². The van der Waals surface area contributed by atoms with E-state index in [1.807, 2.05) is 0 Å². The normalized spacial score (nSPS) is 18.4. The van der Waals surface area contributed by atoms with E-state index in [2.05, 4.69) is 0 Å². The molecule has 0 radical (unpaired) electrons. The molecule has 0 aliphatic carbocycles. The van der Waals surface area contributed by atoms with E-state index in [9.17, 15) is 13.2 Å². The van der Waals surface area contributed by atoms with E-state index in [0.717, 1.165) is 9.87 Å². The maximum Gasteiger partial charge on any atom is 0.260 e. The third-order valence-corrected chi connectivity index (χ3v) is 4.72. The molecule has 0 N–H and O–H groups in total. The lowest BCUT2D eigenvalue weighted by molar-refractivity contribution is -0.121. The number of rotatable bonds is 2. The van der Waals surface area contributed by atoms with Crippen LogP contribution < -0.4 is 0 Å². The number of nitrogens with zero attached hydrogens (tertiary/aromatic N) is 1. The minimum absolute atomic E-state index is 0.0491. The molecule has 0 bridgehead atoms. The average molecular weight is 286 g/mol. The monoisotopic (exact) mass is 285 g/mol. The highest BCUT2D eigenvalue weighted by Crippen LogP contribution is 2.15. The molecule has 2 rings (SSSR count). The highest BCUT2D eigenvalue weighted by molar-refractivity contribution is 7.89. The van der Waals surface area contributed by atoms with Gasteiger partial charge in [-0.25, -0.2) is 12.7 Å². The van der Waals surface area contributed by atoms with Crippen molar-refractivity contribution in [3.05, 3.63) is 40.9 Å². The van der Waals surface area contributed by atoms with Crippen LogP contribution in [0.4, 0.5) is 0 Å². The fraction of sp³-hybridized carbons (Fsp3) is 0.250. The van der Waals surface area contributed by atoms with Gasteiger partial charge in [0.25, 0.3) is 5.91 Å². The molecule has 0 spiro atoms. The molecule has 0 saturated carbocycles. The Morgan fingerprint density at radius 2 is 1.94 bits per heavy atom. The number of hydrogen-bond donors (Lipinski definition) is 0. The van der Waals surface area contributed by atoms with Crippen LogP contribution in [0.1, 0.15) is 12.0 Å². The van der Waals surface area contributed by atoms with Gasteiger partial charge in [0.1, 0.15) is 0 Å². The standard InChI is InChI=1S/C12H12ClNO3S/c13-11-5-2-10(3-6-11)4-7-12(15)14-8-1-9-18(14,16)17/h2-7H,1,8-9H2/b7-4-. The van der Waals surface area contributed by atoms with Gasteiger partial charge in [-0.1, -0.05) is 23.7 Å². The van der Waals surface area contributed by atoms with Crippen molar-refractivity contribution in [3.8, 4) is 0 Å². The molecule has 1 aromatic rings. The smallest absolute Gasteiger partial charge is 0.260 e. The van der Waals surface area contributed by atoms with Crippen molar-refractivity contribution in [2.24, 2.45) is 0 Å². The van der Waals surface area contributed by atoms with Crippen LogP contribution in [0.3, 0.4) is 0 Å². The molecular formula is C12H12ClNO3S. The van der Waals surface area contributed by atoms with Gasteiger partial charge in [0.15, 0.2) is 0 Å². The molecule has 1 saturated heterocycles. The fourth-order valence-electron chi connectivity index (χ4n) is 1.71. The number of benzene rings is 1. The van der Waals surface area contributed by atoms with Crippen LogP contribution in [0.15, 0.2) is 30.3 Å². The van der Waals surface area contributed by atoms with E-state index in [0.29, 0.717) is 11.4 Å². The third-order valence-electron chi connectivity index (χ3n) is 2.63. The summed E-state index contributed by atoms with van der Waals surface area (Å²) in [5.74, 6) is -0.449. The quantitative estimate of drug-likeness (QED) is 0.780. The summed E-state index contributed by atoms with van der Waals surface area (Å²) < 4.78 is 23.9. The molecule has 18 heavy (non-hydrogen) atoms. The summed E-state index contributed by atoms with van der Waals surface area (Å²) in [6.07, 6.45) is 3.35. The SMILES string of the molecule is O=C(/C=C\c1ccc(Cl)cc1)N1CCCS1(=O)=O. The molecule has 0 aromatic heterocycles. The van der Waals surface area contributed by atoms with Crippen LogP contribution in [-0.2, 0) is 14.8 Å². The van der Waals surface area contributed by atoms with Gasteiger partial charge in [-0.05, 0) is 30.2 Å². The van der Waals surface area contributed by atoms with E-state index in [-0.39, 0.29) is 12.3 Å². The Kier molecular flexibility index (Phi) is 3.73.